The number of aromatic carboxylic acids is 1. The van der Waals surface area contributed by atoms with Crippen molar-refractivity contribution in [2.45, 2.75) is 27.3 Å². The molecule has 0 aliphatic rings. The number of aryl methyl sites for hydroxylation is 1. The first kappa shape index (κ1) is 13.0. The Kier molecular flexibility index (Phi) is 3.35. The van der Waals surface area contributed by atoms with E-state index in [0.29, 0.717) is 23.2 Å². The molecular formula is C14H16ClNO2. The number of aromatic nitrogens is 1. The van der Waals surface area contributed by atoms with Gasteiger partial charge in [-0.1, -0.05) is 25.4 Å². The highest BCUT2D eigenvalue weighted by Crippen LogP contribution is 2.29. The molecule has 1 N–H and O–H groups in total. The van der Waals surface area contributed by atoms with Crippen LogP contribution in [0.3, 0.4) is 0 Å². The van der Waals surface area contributed by atoms with E-state index in [-0.39, 0.29) is 0 Å². The summed E-state index contributed by atoms with van der Waals surface area (Å²) in [6.07, 6.45) is 0. The van der Waals surface area contributed by atoms with Crippen LogP contribution >= 0.6 is 11.6 Å². The second kappa shape index (κ2) is 4.65. The molecule has 0 fully saturated rings. The minimum atomic E-state index is -0.888. The summed E-state index contributed by atoms with van der Waals surface area (Å²) in [5.74, 6) is -0.505. The van der Waals surface area contributed by atoms with Gasteiger partial charge >= 0.3 is 5.97 Å². The second-order valence-corrected chi connectivity index (χ2v) is 5.38. The molecule has 4 heteroatoms. The molecule has 0 unspecified atom stereocenters. The predicted molar refractivity (Wildman–Crippen MR) is 73.5 cm³/mol. The lowest BCUT2D eigenvalue weighted by Crippen LogP contribution is -2.12. The van der Waals surface area contributed by atoms with Gasteiger partial charge in [0.2, 0.25) is 0 Å². The van der Waals surface area contributed by atoms with E-state index in [9.17, 15) is 9.90 Å². The molecule has 2 aromatic rings. The Hall–Kier alpha value is -1.48. The topological polar surface area (TPSA) is 42.2 Å². The first-order valence-electron chi connectivity index (χ1n) is 5.93. The molecule has 0 amide bonds. The summed E-state index contributed by atoms with van der Waals surface area (Å²) < 4.78 is 1.87. The van der Waals surface area contributed by atoms with Crippen LogP contribution in [0.5, 0.6) is 0 Å². The van der Waals surface area contributed by atoms with Crippen LogP contribution in [0.2, 0.25) is 5.02 Å². The molecule has 1 aromatic carbocycles. The van der Waals surface area contributed by atoms with E-state index in [1.807, 2.05) is 23.6 Å². The van der Waals surface area contributed by atoms with Crippen LogP contribution in [0.4, 0.5) is 0 Å². The Morgan fingerprint density at radius 2 is 2.11 bits per heavy atom. The first-order valence-corrected chi connectivity index (χ1v) is 6.31. The standard InChI is InChI=1S/C14H16ClNO2/c1-8(2)7-16-12-5-4-10(15)6-11(12)9(3)13(16)14(17)18/h4-6,8H,7H2,1-3H3,(H,17,18). The molecule has 0 spiro atoms. The average Bonchev–Trinajstić information content (AvgIpc) is 2.51. The van der Waals surface area contributed by atoms with Gasteiger partial charge in [0.05, 0.1) is 0 Å². The summed E-state index contributed by atoms with van der Waals surface area (Å²) in [5, 5.41) is 10.9. The number of carbonyl (C=O) groups is 1. The van der Waals surface area contributed by atoms with Gasteiger partial charge in [-0.25, -0.2) is 4.79 Å². The minimum Gasteiger partial charge on any atom is -0.477 e. The van der Waals surface area contributed by atoms with Gasteiger partial charge in [-0.2, -0.15) is 0 Å². The summed E-state index contributed by atoms with van der Waals surface area (Å²) in [6, 6.07) is 5.51. The highest BCUT2D eigenvalue weighted by atomic mass is 35.5. The van der Waals surface area contributed by atoms with Gasteiger partial charge in [0.25, 0.3) is 0 Å². The van der Waals surface area contributed by atoms with Gasteiger partial charge in [0.1, 0.15) is 5.69 Å². The number of nitrogens with zero attached hydrogens (tertiary/aromatic N) is 1. The molecular weight excluding hydrogens is 250 g/mol. The minimum absolute atomic E-state index is 0.362. The molecule has 0 aliphatic carbocycles. The largest absolute Gasteiger partial charge is 0.477 e. The molecule has 0 aliphatic heterocycles. The van der Waals surface area contributed by atoms with Gasteiger partial charge in [-0.05, 0) is 36.6 Å². The molecule has 0 bridgehead atoms. The number of hydrogen-bond donors (Lipinski definition) is 1. The SMILES string of the molecule is Cc1c(C(=O)O)n(CC(C)C)c2ccc(Cl)cc12. The third-order valence-electron chi connectivity index (χ3n) is 3.03. The fraction of sp³-hybridized carbons (Fsp3) is 0.357. The molecule has 3 nitrogen and oxygen atoms in total. The van der Waals surface area contributed by atoms with E-state index in [1.54, 1.807) is 6.07 Å². The lowest BCUT2D eigenvalue weighted by Gasteiger charge is -2.11. The Labute approximate surface area is 111 Å². The summed E-state index contributed by atoms with van der Waals surface area (Å²) in [7, 11) is 0. The van der Waals surface area contributed by atoms with E-state index in [2.05, 4.69) is 13.8 Å². The van der Waals surface area contributed by atoms with Crippen molar-refractivity contribution in [2.75, 3.05) is 0 Å². The van der Waals surface area contributed by atoms with E-state index >= 15 is 0 Å². The third kappa shape index (κ3) is 2.10. The summed E-state index contributed by atoms with van der Waals surface area (Å²) in [4.78, 5) is 11.4. The molecule has 96 valence electrons. The molecule has 0 saturated heterocycles. The Bertz CT molecular complexity index is 614. The van der Waals surface area contributed by atoms with E-state index in [4.69, 9.17) is 11.6 Å². The summed E-state index contributed by atoms with van der Waals surface area (Å²) in [5.41, 5.74) is 2.07. The van der Waals surface area contributed by atoms with Gasteiger partial charge in [-0.3, -0.25) is 0 Å². The van der Waals surface area contributed by atoms with Crippen LogP contribution in [-0.4, -0.2) is 15.6 Å². The van der Waals surface area contributed by atoms with E-state index in [0.717, 1.165) is 16.5 Å². The quantitative estimate of drug-likeness (QED) is 0.913. The van der Waals surface area contributed by atoms with Crippen LogP contribution in [-0.2, 0) is 6.54 Å². The monoisotopic (exact) mass is 265 g/mol. The van der Waals surface area contributed by atoms with Gasteiger partial charge in [0, 0.05) is 22.5 Å². The summed E-state index contributed by atoms with van der Waals surface area (Å²) in [6.45, 7) is 6.66. The normalized spacial score (nSPS) is 11.4. The van der Waals surface area contributed by atoms with Crippen molar-refractivity contribution in [3.05, 3.63) is 34.5 Å². The van der Waals surface area contributed by atoms with Crippen LogP contribution in [0.25, 0.3) is 10.9 Å². The predicted octanol–water partition coefficient (Wildman–Crippen LogP) is 3.96. The maximum Gasteiger partial charge on any atom is 0.352 e. The molecule has 1 aromatic heterocycles. The zero-order valence-corrected chi connectivity index (χ0v) is 11.5. The van der Waals surface area contributed by atoms with Crippen molar-refractivity contribution in [2.24, 2.45) is 5.92 Å². The molecule has 1 heterocycles. The fourth-order valence-electron chi connectivity index (χ4n) is 2.33. The van der Waals surface area contributed by atoms with Crippen molar-refractivity contribution in [1.29, 1.82) is 0 Å². The van der Waals surface area contributed by atoms with Crippen molar-refractivity contribution < 1.29 is 9.90 Å². The average molecular weight is 266 g/mol. The van der Waals surface area contributed by atoms with E-state index < -0.39 is 5.97 Å². The van der Waals surface area contributed by atoms with Crippen molar-refractivity contribution in [1.82, 2.24) is 4.57 Å². The van der Waals surface area contributed by atoms with Crippen LogP contribution in [0.1, 0.15) is 29.9 Å². The fourth-order valence-corrected chi connectivity index (χ4v) is 2.50. The lowest BCUT2D eigenvalue weighted by atomic mass is 10.1. The zero-order chi connectivity index (χ0) is 13.4. The molecule has 0 radical (unpaired) electrons. The van der Waals surface area contributed by atoms with E-state index in [1.165, 1.54) is 0 Å². The molecule has 18 heavy (non-hydrogen) atoms. The number of benzene rings is 1. The summed E-state index contributed by atoms with van der Waals surface area (Å²) >= 11 is 5.98. The number of fused-ring (bicyclic) bond motifs is 1. The smallest absolute Gasteiger partial charge is 0.352 e. The van der Waals surface area contributed by atoms with Crippen LogP contribution < -0.4 is 0 Å². The highest BCUT2D eigenvalue weighted by molar-refractivity contribution is 6.31. The Morgan fingerprint density at radius 1 is 1.44 bits per heavy atom. The second-order valence-electron chi connectivity index (χ2n) is 4.94. The highest BCUT2D eigenvalue weighted by Gasteiger charge is 2.20. The Morgan fingerprint density at radius 3 is 2.67 bits per heavy atom. The number of carboxylic acids is 1. The number of rotatable bonds is 3. The molecule has 2 rings (SSSR count). The first-order chi connectivity index (χ1) is 8.41. The van der Waals surface area contributed by atoms with Crippen molar-refractivity contribution in [3.8, 4) is 0 Å². The number of carboxylic acid groups (broad SMARTS) is 1. The van der Waals surface area contributed by atoms with Gasteiger partial charge in [0.15, 0.2) is 0 Å². The number of hydrogen-bond acceptors (Lipinski definition) is 1. The lowest BCUT2D eigenvalue weighted by molar-refractivity contribution is 0.0684. The maximum absolute atomic E-state index is 11.4. The molecule has 0 saturated carbocycles. The van der Waals surface area contributed by atoms with Gasteiger partial charge < -0.3 is 9.67 Å². The molecule has 0 atom stereocenters. The maximum atomic E-state index is 11.4. The van der Waals surface area contributed by atoms with Crippen molar-refractivity contribution >= 4 is 28.5 Å². The third-order valence-corrected chi connectivity index (χ3v) is 3.26. The Balaban J connectivity index is 2.79. The van der Waals surface area contributed by atoms with Crippen molar-refractivity contribution in [3.63, 3.8) is 0 Å². The van der Waals surface area contributed by atoms with Crippen LogP contribution in [0.15, 0.2) is 18.2 Å². The van der Waals surface area contributed by atoms with Gasteiger partial charge in [-0.15, -0.1) is 0 Å². The zero-order valence-electron chi connectivity index (χ0n) is 10.7. The number of halogens is 1. The van der Waals surface area contributed by atoms with Crippen LogP contribution in [0, 0.1) is 12.8 Å².